The maximum Gasteiger partial charge on any atom is 0.130 e. The maximum atomic E-state index is 9.78. The highest BCUT2D eigenvalue weighted by Gasteiger charge is 2.11. The van der Waals surface area contributed by atoms with E-state index in [2.05, 4.69) is 28.0 Å². The Morgan fingerprint density at radius 3 is 2.75 bits per heavy atom. The third-order valence-electron chi connectivity index (χ3n) is 3.19. The molecule has 0 radical (unpaired) electrons. The number of halogens is 1. The second-order valence-electron chi connectivity index (χ2n) is 4.75. The Bertz CT molecular complexity index is 594. The Labute approximate surface area is 127 Å². The lowest BCUT2D eigenvalue weighted by Crippen LogP contribution is -2.05. The highest BCUT2D eigenvalue weighted by atomic mass is 79.9. The van der Waals surface area contributed by atoms with Gasteiger partial charge in [-0.15, -0.1) is 0 Å². The van der Waals surface area contributed by atoms with E-state index in [1.54, 1.807) is 6.92 Å². The number of ether oxygens (including phenoxy) is 1. The molecule has 0 aliphatic rings. The molecule has 1 aromatic carbocycles. The van der Waals surface area contributed by atoms with Gasteiger partial charge in [-0.2, -0.15) is 5.10 Å². The lowest BCUT2D eigenvalue weighted by molar-refractivity contribution is 0.189. The Kier molecular flexibility index (Phi) is 4.83. The molecule has 2 aromatic rings. The highest BCUT2D eigenvalue weighted by Crippen LogP contribution is 2.29. The zero-order chi connectivity index (χ0) is 14.7. The van der Waals surface area contributed by atoms with Crippen LogP contribution in [0.5, 0.6) is 5.75 Å². The van der Waals surface area contributed by atoms with E-state index in [1.807, 2.05) is 36.0 Å². The van der Waals surface area contributed by atoms with Gasteiger partial charge in [0, 0.05) is 17.1 Å². The van der Waals surface area contributed by atoms with Crippen molar-refractivity contribution in [2.75, 3.05) is 0 Å². The van der Waals surface area contributed by atoms with Crippen LogP contribution < -0.4 is 4.74 Å². The first-order valence-corrected chi connectivity index (χ1v) is 7.42. The van der Waals surface area contributed by atoms with E-state index >= 15 is 0 Å². The van der Waals surface area contributed by atoms with Gasteiger partial charge < -0.3 is 9.84 Å². The molecule has 0 saturated carbocycles. The van der Waals surface area contributed by atoms with Crippen molar-refractivity contribution in [3.63, 3.8) is 0 Å². The number of aromatic nitrogens is 2. The van der Waals surface area contributed by atoms with E-state index < -0.39 is 6.10 Å². The van der Waals surface area contributed by atoms with Gasteiger partial charge >= 0.3 is 0 Å². The quantitative estimate of drug-likeness (QED) is 0.908. The fourth-order valence-corrected chi connectivity index (χ4v) is 2.35. The molecule has 0 saturated heterocycles. The van der Waals surface area contributed by atoms with Crippen LogP contribution in [0.25, 0.3) is 0 Å². The molecule has 1 N–H and O–H groups in total. The number of nitrogens with zero attached hydrogens (tertiary/aromatic N) is 2. The molecule has 0 bridgehead atoms. The minimum absolute atomic E-state index is 0.430. The van der Waals surface area contributed by atoms with Crippen molar-refractivity contribution in [1.29, 1.82) is 0 Å². The molecule has 0 amide bonds. The molecule has 0 unspecified atom stereocenters. The van der Waals surface area contributed by atoms with Crippen molar-refractivity contribution in [2.45, 2.75) is 33.0 Å². The molecule has 0 fully saturated rings. The molecule has 20 heavy (non-hydrogen) atoms. The first kappa shape index (κ1) is 15.1. The van der Waals surface area contributed by atoms with Crippen LogP contribution in [0.2, 0.25) is 0 Å². The van der Waals surface area contributed by atoms with Crippen LogP contribution in [0.3, 0.4) is 0 Å². The fourth-order valence-electron chi connectivity index (χ4n) is 2.01. The maximum absolute atomic E-state index is 9.78. The van der Waals surface area contributed by atoms with Gasteiger partial charge in [0.05, 0.1) is 17.5 Å². The summed E-state index contributed by atoms with van der Waals surface area (Å²) in [5.41, 5.74) is 2.85. The van der Waals surface area contributed by atoms with Crippen LogP contribution in [0.4, 0.5) is 0 Å². The number of hydrogen-bond donors (Lipinski definition) is 1. The van der Waals surface area contributed by atoms with Gasteiger partial charge in [-0.25, -0.2) is 0 Å². The Morgan fingerprint density at radius 1 is 1.40 bits per heavy atom. The van der Waals surface area contributed by atoms with Crippen molar-refractivity contribution in [2.24, 2.45) is 7.05 Å². The summed E-state index contributed by atoms with van der Waals surface area (Å²) in [6.45, 7) is 4.24. The Hall–Kier alpha value is -1.33. The summed E-state index contributed by atoms with van der Waals surface area (Å²) in [6.07, 6.45) is 0.347. The molecule has 0 aliphatic carbocycles. The third kappa shape index (κ3) is 3.41. The van der Waals surface area contributed by atoms with Crippen molar-refractivity contribution < 1.29 is 9.84 Å². The molecule has 1 atom stereocenters. The summed E-state index contributed by atoms with van der Waals surface area (Å²) in [4.78, 5) is 0. The van der Waals surface area contributed by atoms with Gasteiger partial charge in [0.1, 0.15) is 12.4 Å². The van der Waals surface area contributed by atoms with Crippen LogP contribution >= 0.6 is 15.9 Å². The zero-order valence-electron chi connectivity index (χ0n) is 11.9. The smallest absolute Gasteiger partial charge is 0.130 e. The van der Waals surface area contributed by atoms with E-state index in [0.29, 0.717) is 12.4 Å². The Morgan fingerprint density at radius 2 is 2.15 bits per heavy atom. The number of rotatable bonds is 5. The summed E-state index contributed by atoms with van der Waals surface area (Å²) in [6, 6.07) is 7.68. The second-order valence-corrected chi connectivity index (χ2v) is 5.67. The fraction of sp³-hybridized carbons (Fsp3) is 0.400. The average Bonchev–Trinajstić information content (AvgIpc) is 2.76. The van der Waals surface area contributed by atoms with Crippen molar-refractivity contribution >= 4 is 15.9 Å². The first-order chi connectivity index (χ1) is 9.51. The molecular weight excluding hydrogens is 320 g/mol. The monoisotopic (exact) mass is 338 g/mol. The van der Waals surface area contributed by atoms with Gasteiger partial charge in [0.15, 0.2) is 0 Å². The van der Waals surface area contributed by atoms with Crippen molar-refractivity contribution in [3.05, 3.63) is 45.7 Å². The zero-order valence-corrected chi connectivity index (χ0v) is 13.5. The molecule has 5 heteroatoms. The summed E-state index contributed by atoms with van der Waals surface area (Å²) >= 11 is 3.42. The lowest BCUT2D eigenvalue weighted by atomic mass is 10.1. The van der Waals surface area contributed by atoms with Crippen LogP contribution in [0.15, 0.2) is 28.7 Å². The molecule has 0 aliphatic heterocycles. The van der Waals surface area contributed by atoms with Gasteiger partial charge in [-0.3, -0.25) is 4.68 Å². The molecule has 1 aromatic heterocycles. The first-order valence-electron chi connectivity index (χ1n) is 6.63. The number of aliphatic hydroxyl groups excluding tert-OH is 1. The van der Waals surface area contributed by atoms with Crippen LogP contribution in [-0.2, 0) is 20.1 Å². The van der Waals surface area contributed by atoms with Gasteiger partial charge in [-0.1, -0.05) is 28.9 Å². The second kappa shape index (κ2) is 6.41. The highest BCUT2D eigenvalue weighted by molar-refractivity contribution is 9.10. The van der Waals surface area contributed by atoms with E-state index in [9.17, 15) is 5.11 Å². The topological polar surface area (TPSA) is 47.3 Å². The predicted molar refractivity (Wildman–Crippen MR) is 81.7 cm³/mol. The predicted octanol–water partition coefficient (Wildman–Crippen LogP) is 3.38. The summed E-state index contributed by atoms with van der Waals surface area (Å²) in [5.74, 6) is 0.689. The van der Waals surface area contributed by atoms with Gasteiger partial charge in [0.25, 0.3) is 0 Å². The van der Waals surface area contributed by atoms with E-state index in [0.717, 1.165) is 27.8 Å². The summed E-state index contributed by atoms with van der Waals surface area (Å²) < 4.78 is 8.61. The van der Waals surface area contributed by atoms with Gasteiger partial charge in [-0.05, 0) is 31.5 Å². The van der Waals surface area contributed by atoms with E-state index in [4.69, 9.17) is 4.74 Å². The normalized spacial score (nSPS) is 12.4. The number of aliphatic hydroxyl groups is 1. The average molecular weight is 339 g/mol. The van der Waals surface area contributed by atoms with Gasteiger partial charge in [0.2, 0.25) is 0 Å². The molecular formula is C15H19BrN2O2. The van der Waals surface area contributed by atoms with E-state index in [-0.39, 0.29) is 0 Å². The minimum atomic E-state index is -0.559. The van der Waals surface area contributed by atoms with E-state index in [1.165, 1.54) is 0 Å². The minimum Gasteiger partial charge on any atom is -0.487 e. The molecule has 2 rings (SSSR count). The summed E-state index contributed by atoms with van der Waals surface area (Å²) in [5, 5.41) is 14.2. The van der Waals surface area contributed by atoms with Crippen LogP contribution in [-0.4, -0.2) is 14.9 Å². The largest absolute Gasteiger partial charge is 0.487 e. The van der Waals surface area contributed by atoms with Crippen molar-refractivity contribution in [1.82, 2.24) is 9.78 Å². The summed E-state index contributed by atoms with van der Waals surface area (Å²) in [7, 11) is 1.91. The number of hydrogen-bond acceptors (Lipinski definition) is 3. The third-order valence-corrected chi connectivity index (χ3v) is 3.68. The van der Waals surface area contributed by atoms with Crippen LogP contribution in [0.1, 0.15) is 36.9 Å². The standard InChI is InChI=1S/C15H19BrN2O2/c1-4-12-8-13(18(3)17-12)9-20-15-7-11(16)5-6-14(15)10(2)19/h5-8,10,19H,4,9H2,1-3H3/t10-/m1/s1. The Balaban J connectivity index is 2.17. The van der Waals surface area contributed by atoms with Crippen LogP contribution in [0, 0.1) is 0 Å². The number of aryl methyl sites for hydroxylation is 2. The molecule has 4 nitrogen and oxygen atoms in total. The SMILES string of the molecule is CCc1cc(COc2cc(Br)ccc2[C@@H](C)O)n(C)n1. The number of benzene rings is 1. The molecule has 0 spiro atoms. The molecule has 108 valence electrons. The molecule has 1 heterocycles. The lowest BCUT2D eigenvalue weighted by Gasteiger charge is -2.14. The van der Waals surface area contributed by atoms with Crippen molar-refractivity contribution in [3.8, 4) is 5.75 Å².